The molecule has 0 fully saturated rings. The molecule has 4 N–H and O–H groups in total. The molecule has 1 aliphatic heterocycles. The van der Waals surface area contributed by atoms with Gasteiger partial charge in [-0.3, -0.25) is 4.79 Å². The zero-order valence-electron chi connectivity index (χ0n) is 18.0. The number of hydrogen-bond acceptors (Lipinski definition) is 7. The molecule has 0 amide bonds. The molecule has 3 rings (SSSR count). The van der Waals surface area contributed by atoms with Crippen LogP contribution < -0.4 is 15.5 Å². The van der Waals surface area contributed by atoms with Gasteiger partial charge in [-0.2, -0.15) is 5.10 Å². The summed E-state index contributed by atoms with van der Waals surface area (Å²) in [6.45, 7) is 0.948. The molecule has 1 atom stereocenters. The van der Waals surface area contributed by atoms with Gasteiger partial charge in [0.25, 0.3) is 0 Å². The summed E-state index contributed by atoms with van der Waals surface area (Å²) in [5, 5.41) is 24.6. The molecule has 1 unspecified atom stereocenters. The minimum Gasteiger partial charge on any atom is -0.494 e. The first-order valence-electron chi connectivity index (χ1n) is 10.6. The molecule has 1 aliphatic rings. The van der Waals surface area contributed by atoms with Gasteiger partial charge in [-0.25, -0.2) is 9.37 Å². The normalized spacial score (nSPS) is 13.8. The Morgan fingerprint density at radius 3 is 3.03 bits per heavy atom. The predicted octanol–water partition coefficient (Wildman–Crippen LogP) is 3.72. The Labute approximate surface area is 186 Å². The van der Waals surface area contributed by atoms with Crippen molar-refractivity contribution < 1.29 is 19.0 Å². The number of methoxy groups -OCH3 is 1. The molecule has 0 bridgehead atoms. The number of hydrogen-bond donors (Lipinski definition) is 4. The fraction of sp³-hybridized carbons (Fsp3) is 0.391. The van der Waals surface area contributed by atoms with Gasteiger partial charge in [0.05, 0.1) is 31.5 Å². The van der Waals surface area contributed by atoms with Gasteiger partial charge in [-0.05, 0) is 61.4 Å². The number of fused-ring (bicyclic) bond motifs is 1. The second kappa shape index (κ2) is 11.2. The molecule has 0 saturated carbocycles. The minimum atomic E-state index is -1.05. The second-order valence-corrected chi connectivity index (χ2v) is 7.65. The molecule has 2 heterocycles. The molecule has 32 heavy (non-hydrogen) atoms. The summed E-state index contributed by atoms with van der Waals surface area (Å²) in [7, 11) is 1.36. The number of halogens is 1. The summed E-state index contributed by atoms with van der Waals surface area (Å²) >= 11 is 0. The summed E-state index contributed by atoms with van der Waals surface area (Å²) in [5.41, 5.74) is 5.70. The van der Waals surface area contributed by atoms with Crippen LogP contribution in [0.5, 0.6) is 5.75 Å². The third-order valence-corrected chi connectivity index (χ3v) is 5.24. The molecule has 1 aromatic carbocycles. The van der Waals surface area contributed by atoms with Crippen molar-refractivity contribution in [3.05, 3.63) is 53.0 Å². The highest BCUT2D eigenvalue weighted by molar-refractivity contribution is 6.28. The van der Waals surface area contributed by atoms with Crippen molar-refractivity contribution in [2.75, 3.05) is 19.0 Å². The highest BCUT2D eigenvalue weighted by Crippen LogP contribution is 2.24. The van der Waals surface area contributed by atoms with Crippen LogP contribution in [-0.4, -0.2) is 41.6 Å². The number of aryl methyl sites for hydroxylation is 2. The molecule has 0 saturated heterocycles. The molecule has 0 spiro atoms. The number of nitrogens with zero attached hydrogens (tertiary/aromatic N) is 2. The number of hydrazone groups is 1. The largest absolute Gasteiger partial charge is 0.494 e. The Kier molecular flexibility index (Phi) is 8.13. The summed E-state index contributed by atoms with van der Waals surface area (Å²) in [4.78, 5) is 15.8. The van der Waals surface area contributed by atoms with Crippen molar-refractivity contribution in [1.82, 2.24) is 10.4 Å². The molecule has 9 heteroatoms. The Morgan fingerprint density at radius 2 is 2.28 bits per heavy atom. The number of nitrogens with one attached hydrogen (secondary N) is 3. The van der Waals surface area contributed by atoms with Crippen LogP contribution in [0.25, 0.3) is 0 Å². The molecular weight excluding hydrogens is 413 g/mol. The van der Waals surface area contributed by atoms with E-state index in [-0.39, 0.29) is 12.2 Å². The number of carboxylic acids is 1. The van der Waals surface area contributed by atoms with Gasteiger partial charge in [-0.1, -0.05) is 12.1 Å². The van der Waals surface area contributed by atoms with E-state index in [1.807, 2.05) is 6.07 Å². The number of pyridine rings is 1. The van der Waals surface area contributed by atoms with Crippen molar-refractivity contribution in [1.29, 1.82) is 5.41 Å². The van der Waals surface area contributed by atoms with Crippen molar-refractivity contribution >= 4 is 23.7 Å². The lowest BCUT2D eigenvalue weighted by Crippen LogP contribution is -2.20. The van der Waals surface area contributed by atoms with Gasteiger partial charge in [0, 0.05) is 12.2 Å². The zero-order chi connectivity index (χ0) is 22.9. The minimum absolute atomic E-state index is 0.0808. The number of aliphatic carboxylic acids is 1. The first kappa shape index (κ1) is 23.2. The third-order valence-electron chi connectivity index (χ3n) is 5.24. The number of carboxylic acid groups (broad SMARTS) is 1. The first-order chi connectivity index (χ1) is 15.5. The Hall–Kier alpha value is -3.49. The van der Waals surface area contributed by atoms with E-state index in [1.165, 1.54) is 31.0 Å². The topological polar surface area (TPSA) is 120 Å². The maximum absolute atomic E-state index is 14.0. The summed E-state index contributed by atoms with van der Waals surface area (Å²) < 4.78 is 18.9. The van der Waals surface area contributed by atoms with E-state index >= 15 is 0 Å². The Balaban J connectivity index is 1.50. The number of aromatic nitrogens is 1. The van der Waals surface area contributed by atoms with E-state index < -0.39 is 17.8 Å². The lowest BCUT2D eigenvalue weighted by molar-refractivity contribution is -0.137. The Bertz CT molecular complexity index is 996. The maximum Gasteiger partial charge on any atom is 0.305 e. The number of benzene rings is 1. The highest BCUT2D eigenvalue weighted by atomic mass is 19.1. The molecule has 1 aromatic heterocycles. The van der Waals surface area contributed by atoms with Gasteiger partial charge >= 0.3 is 5.97 Å². The average molecular weight is 442 g/mol. The molecule has 0 aliphatic carbocycles. The van der Waals surface area contributed by atoms with Crippen molar-refractivity contribution in [2.24, 2.45) is 5.10 Å². The van der Waals surface area contributed by atoms with Gasteiger partial charge in [0.15, 0.2) is 11.6 Å². The van der Waals surface area contributed by atoms with Crippen LogP contribution in [-0.2, 0) is 17.6 Å². The van der Waals surface area contributed by atoms with Crippen LogP contribution in [0.1, 0.15) is 48.5 Å². The monoisotopic (exact) mass is 441 g/mol. The zero-order valence-corrected chi connectivity index (χ0v) is 18.0. The lowest BCUT2D eigenvalue weighted by atomic mass is 10.0. The fourth-order valence-electron chi connectivity index (χ4n) is 3.55. The van der Waals surface area contributed by atoms with Crippen molar-refractivity contribution in [3.63, 3.8) is 0 Å². The molecule has 170 valence electrons. The van der Waals surface area contributed by atoms with Gasteiger partial charge < -0.3 is 26.0 Å². The van der Waals surface area contributed by atoms with E-state index in [1.54, 1.807) is 6.07 Å². The average Bonchev–Trinajstić information content (AvgIpc) is 2.78. The molecular formula is C23H28FN5O3. The van der Waals surface area contributed by atoms with E-state index in [0.29, 0.717) is 17.7 Å². The first-order valence-corrected chi connectivity index (χ1v) is 10.6. The number of anilines is 1. The summed E-state index contributed by atoms with van der Waals surface area (Å²) in [6.07, 6.45) is 5.27. The van der Waals surface area contributed by atoms with Gasteiger partial charge in [0.1, 0.15) is 5.82 Å². The standard InChI is InChI=1S/C23H28FN5O3/c1-32-21-10-8-16(12-19(21)24)20(13-22(30)31)29-27-14-17(25)5-2-6-18-9-7-15-4-3-11-26-23(15)28-18/h7-10,12,14,20,25,29H,2-6,11,13H2,1H3,(H,26,28)(H,30,31)/b25-17?,27-14-. The quantitative estimate of drug-likeness (QED) is 0.312. The van der Waals surface area contributed by atoms with Crippen LogP contribution >= 0.6 is 0 Å². The SMILES string of the molecule is COc1ccc(C(CC(=O)O)N/N=C\C(=N)CCCc2ccc3c(n2)NCCC3)cc1F. The molecule has 8 nitrogen and oxygen atoms in total. The molecule has 0 radical (unpaired) electrons. The van der Waals surface area contributed by atoms with E-state index in [2.05, 4.69) is 26.9 Å². The van der Waals surface area contributed by atoms with Gasteiger partial charge in [0.2, 0.25) is 0 Å². The van der Waals surface area contributed by atoms with E-state index in [0.717, 1.165) is 43.7 Å². The van der Waals surface area contributed by atoms with Gasteiger partial charge in [-0.15, -0.1) is 0 Å². The number of rotatable bonds is 11. The predicted molar refractivity (Wildman–Crippen MR) is 121 cm³/mol. The third kappa shape index (κ3) is 6.50. The smallest absolute Gasteiger partial charge is 0.305 e. The van der Waals surface area contributed by atoms with Crippen LogP contribution in [0.4, 0.5) is 10.2 Å². The summed E-state index contributed by atoms with van der Waals surface area (Å²) in [6, 6.07) is 7.67. The lowest BCUT2D eigenvalue weighted by Gasteiger charge is -2.17. The number of carbonyl (C=O) groups is 1. The molecule has 2 aromatic rings. The Morgan fingerprint density at radius 1 is 1.44 bits per heavy atom. The van der Waals surface area contributed by atoms with Crippen molar-refractivity contribution in [2.45, 2.75) is 44.6 Å². The van der Waals surface area contributed by atoms with E-state index in [9.17, 15) is 9.18 Å². The van der Waals surface area contributed by atoms with Crippen LogP contribution in [0.2, 0.25) is 0 Å². The van der Waals surface area contributed by atoms with E-state index in [4.69, 9.17) is 15.3 Å². The maximum atomic E-state index is 14.0. The van der Waals surface area contributed by atoms with Crippen LogP contribution in [0.3, 0.4) is 0 Å². The summed E-state index contributed by atoms with van der Waals surface area (Å²) in [5.74, 6) is -0.577. The highest BCUT2D eigenvalue weighted by Gasteiger charge is 2.17. The van der Waals surface area contributed by atoms with Crippen LogP contribution in [0, 0.1) is 11.2 Å². The van der Waals surface area contributed by atoms with Crippen molar-refractivity contribution in [3.8, 4) is 5.75 Å². The second-order valence-electron chi connectivity index (χ2n) is 7.65. The fourth-order valence-corrected chi connectivity index (χ4v) is 3.55. The van der Waals surface area contributed by atoms with Crippen LogP contribution in [0.15, 0.2) is 35.4 Å². The number of ether oxygens (including phenoxy) is 1.